The molecule has 0 amide bonds. The van der Waals surface area contributed by atoms with Crippen LogP contribution in [-0.4, -0.2) is 26.8 Å². The second kappa shape index (κ2) is 7.17. The van der Waals surface area contributed by atoms with E-state index in [2.05, 4.69) is 31.3 Å². The number of nitrogens with one attached hydrogen (secondary N) is 1. The zero-order valence-corrected chi connectivity index (χ0v) is 11.2. The lowest BCUT2D eigenvalue weighted by molar-refractivity contribution is 0.354. The lowest BCUT2D eigenvalue weighted by Gasteiger charge is -2.13. The van der Waals surface area contributed by atoms with Gasteiger partial charge in [-0.1, -0.05) is 13.0 Å². The minimum atomic E-state index is 0.549. The van der Waals surface area contributed by atoms with Gasteiger partial charge in [0.05, 0.1) is 14.2 Å². The zero-order valence-electron chi connectivity index (χ0n) is 11.2. The molecule has 0 heterocycles. The zero-order chi connectivity index (χ0) is 12.7. The number of ether oxygens (including phenoxy) is 2. The minimum absolute atomic E-state index is 0.549. The molecule has 3 heteroatoms. The van der Waals surface area contributed by atoms with E-state index in [9.17, 15) is 0 Å². The van der Waals surface area contributed by atoms with Crippen LogP contribution in [0.2, 0.25) is 0 Å². The van der Waals surface area contributed by atoms with Gasteiger partial charge >= 0.3 is 0 Å². The molecule has 96 valence electrons. The average molecular weight is 237 g/mol. The van der Waals surface area contributed by atoms with Crippen LogP contribution in [0, 0.1) is 0 Å². The monoisotopic (exact) mass is 237 g/mol. The fraction of sp³-hybridized carbons (Fsp3) is 0.571. The number of methoxy groups -OCH3 is 2. The van der Waals surface area contributed by atoms with Crippen LogP contribution in [0.4, 0.5) is 0 Å². The Morgan fingerprint density at radius 3 is 2.47 bits per heavy atom. The first kappa shape index (κ1) is 13.8. The molecular weight excluding hydrogens is 214 g/mol. The standard InChI is InChI=1S/C14H23NO2/c1-5-15-11(2)6-7-12-8-9-13(16-3)14(10-12)17-4/h8-11,15H,5-7H2,1-4H3. The molecule has 1 N–H and O–H groups in total. The van der Waals surface area contributed by atoms with Crippen molar-refractivity contribution < 1.29 is 9.47 Å². The van der Waals surface area contributed by atoms with Crippen molar-refractivity contribution >= 4 is 0 Å². The van der Waals surface area contributed by atoms with Crippen LogP contribution in [0.15, 0.2) is 18.2 Å². The molecule has 0 aliphatic rings. The van der Waals surface area contributed by atoms with Crippen LogP contribution >= 0.6 is 0 Å². The maximum atomic E-state index is 5.29. The van der Waals surface area contributed by atoms with Crippen LogP contribution in [0.25, 0.3) is 0 Å². The van der Waals surface area contributed by atoms with Gasteiger partial charge in [0, 0.05) is 6.04 Å². The molecule has 0 saturated heterocycles. The Morgan fingerprint density at radius 2 is 1.88 bits per heavy atom. The van der Waals surface area contributed by atoms with Gasteiger partial charge in [0.2, 0.25) is 0 Å². The molecule has 3 nitrogen and oxygen atoms in total. The highest BCUT2D eigenvalue weighted by Gasteiger charge is 2.06. The van der Waals surface area contributed by atoms with Gasteiger partial charge < -0.3 is 14.8 Å². The van der Waals surface area contributed by atoms with E-state index in [1.807, 2.05) is 6.07 Å². The van der Waals surface area contributed by atoms with Crippen molar-refractivity contribution in [1.29, 1.82) is 0 Å². The first-order valence-corrected chi connectivity index (χ1v) is 6.15. The SMILES string of the molecule is CCNC(C)CCc1ccc(OC)c(OC)c1. The van der Waals surface area contributed by atoms with Crippen molar-refractivity contribution in [3.05, 3.63) is 23.8 Å². The third-order valence-electron chi connectivity index (χ3n) is 2.87. The molecule has 1 aromatic carbocycles. The summed E-state index contributed by atoms with van der Waals surface area (Å²) in [6.07, 6.45) is 2.18. The van der Waals surface area contributed by atoms with Crippen LogP contribution < -0.4 is 14.8 Å². The Bertz CT molecular complexity index is 339. The molecule has 17 heavy (non-hydrogen) atoms. The summed E-state index contributed by atoms with van der Waals surface area (Å²) in [4.78, 5) is 0. The topological polar surface area (TPSA) is 30.5 Å². The van der Waals surface area contributed by atoms with Crippen molar-refractivity contribution in [2.45, 2.75) is 32.7 Å². The summed E-state index contributed by atoms with van der Waals surface area (Å²) < 4.78 is 10.5. The van der Waals surface area contributed by atoms with Crippen molar-refractivity contribution in [1.82, 2.24) is 5.32 Å². The van der Waals surface area contributed by atoms with Gasteiger partial charge in [-0.3, -0.25) is 0 Å². The Labute approximate surface area is 104 Å². The van der Waals surface area contributed by atoms with E-state index in [0.717, 1.165) is 30.9 Å². The van der Waals surface area contributed by atoms with Crippen LogP contribution in [0.5, 0.6) is 11.5 Å². The van der Waals surface area contributed by atoms with E-state index in [0.29, 0.717) is 6.04 Å². The Balaban J connectivity index is 2.60. The predicted octanol–water partition coefficient (Wildman–Crippen LogP) is 2.63. The van der Waals surface area contributed by atoms with E-state index in [-0.39, 0.29) is 0 Å². The molecule has 0 radical (unpaired) electrons. The van der Waals surface area contributed by atoms with Crippen molar-refractivity contribution in [2.24, 2.45) is 0 Å². The van der Waals surface area contributed by atoms with E-state index < -0.39 is 0 Å². The van der Waals surface area contributed by atoms with Crippen molar-refractivity contribution in [3.63, 3.8) is 0 Å². The highest BCUT2D eigenvalue weighted by atomic mass is 16.5. The Kier molecular flexibility index (Phi) is 5.84. The Morgan fingerprint density at radius 1 is 1.18 bits per heavy atom. The third-order valence-corrected chi connectivity index (χ3v) is 2.87. The largest absolute Gasteiger partial charge is 0.493 e. The van der Waals surface area contributed by atoms with E-state index >= 15 is 0 Å². The van der Waals surface area contributed by atoms with Gasteiger partial charge in [0.1, 0.15) is 0 Å². The number of hydrogen-bond acceptors (Lipinski definition) is 3. The van der Waals surface area contributed by atoms with Gasteiger partial charge in [-0.05, 0) is 44.0 Å². The lowest BCUT2D eigenvalue weighted by atomic mass is 10.1. The normalized spacial score (nSPS) is 12.2. The molecule has 0 fully saturated rings. The maximum absolute atomic E-state index is 5.29. The summed E-state index contributed by atoms with van der Waals surface area (Å²) in [7, 11) is 3.33. The molecule has 1 atom stereocenters. The van der Waals surface area contributed by atoms with Crippen LogP contribution in [0.1, 0.15) is 25.8 Å². The van der Waals surface area contributed by atoms with E-state index in [1.54, 1.807) is 14.2 Å². The molecule has 0 aliphatic carbocycles. The fourth-order valence-electron chi connectivity index (χ4n) is 1.87. The van der Waals surface area contributed by atoms with Crippen molar-refractivity contribution in [3.8, 4) is 11.5 Å². The summed E-state index contributed by atoms with van der Waals surface area (Å²) in [6, 6.07) is 6.66. The van der Waals surface area contributed by atoms with Crippen molar-refractivity contribution in [2.75, 3.05) is 20.8 Å². The molecule has 0 aliphatic heterocycles. The molecular formula is C14H23NO2. The van der Waals surface area contributed by atoms with Crippen LogP contribution in [-0.2, 0) is 6.42 Å². The summed E-state index contributed by atoms with van der Waals surface area (Å²) in [5.41, 5.74) is 1.28. The summed E-state index contributed by atoms with van der Waals surface area (Å²) >= 11 is 0. The minimum Gasteiger partial charge on any atom is -0.493 e. The smallest absolute Gasteiger partial charge is 0.160 e. The second-order valence-electron chi connectivity index (χ2n) is 4.19. The highest BCUT2D eigenvalue weighted by Crippen LogP contribution is 2.28. The highest BCUT2D eigenvalue weighted by molar-refractivity contribution is 5.42. The average Bonchev–Trinajstić information content (AvgIpc) is 2.36. The maximum Gasteiger partial charge on any atom is 0.160 e. The van der Waals surface area contributed by atoms with E-state index in [4.69, 9.17) is 9.47 Å². The summed E-state index contributed by atoms with van der Waals surface area (Å²) in [5.74, 6) is 1.59. The Hall–Kier alpha value is -1.22. The molecule has 0 bridgehead atoms. The quantitative estimate of drug-likeness (QED) is 0.791. The molecule has 0 aromatic heterocycles. The predicted molar refractivity (Wildman–Crippen MR) is 71.0 cm³/mol. The number of hydrogen-bond donors (Lipinski definition) is 1. The first-order valence-electron chi connectivity index (χ1n) is 6.15. The van der Waals surface area contributed by atoms with Gasteiger partial charge in [0.15, 0.2) is 11.5 Å². The van der Waals surface area contributed by atoms with Gasteiger partial charge in [-0.15, -0.1) is 0 Å². The lowest BCUT2D eigenvalue weighted by Crippen LogP contribution is -2.25. The van der Waals surface area contributed by atoms with Gasteiger partial charge in [0.25, 0.3) is 0 Å². The molecule has 1 unspecified atom stereocenters. The molecule has 0 spiro atoms. The van der Waals surface area contributed by atoms with Crippen LogP contribution in [0.3, 0.4) is 0 Å². The molecule has 1 rings (SSSR count). The second-order valence-corrected chi connectivity index (χ2v) is 4.19. The summed E-state index contributed by atoms with van der Waals surface area (Å²) in [5, 5.41) is 3.41. The first-order chi connectivity index (χ1) is 8.21. The molecule has 0 saturated carbocycles. The van der Waals surface area contributed by atoms with Gasteiger partial charge in [-0.2, -0.15) is 0 Å². The summed E-state index contributed by atoms with van der Waals surface area (Å²) in [6.45, 7) is 5.37. The van der Waals surface area contributed by atoms with Gasteiger partial charge in [-0.25, -0.2) is 0 Å². The van der Waals surface area contributed by atoms with E-state index in [1.165, 1.54) is 5.56 Å². The number of rotatable bonds is 7. The number of benzene rings is 1. The number of aryl methyl sites for hydroxylation is 1. The molecule has 1 aromatic rings. The fourth-order valence-corrected chi connectivity index (χ4v) is 1.87. The third kappa shape index (κ3) is 4.27.